The minimum atomic E-state index is -4.54. The number of alkyl halides is 3. The van der Waals surface area contributed by atoms with Gasteiger partial charge in [-0.2, -0.15) is 13.2 Å². The topological polar surface area (TPSA) is 66.2 Å². The van der Waals surface area contributed by atoms with E-state index in [4.69, 9.17) is 4.74 Å². The monoisotopic (exact) mass is 313 g/mol. The van der Waals surface area contributed by atoms with Gasteiger partial charge >= 0.3 is 12.1 Å². The van der Waals surface area contributed by atoms with Gasteiger partial charge in [-0.15, -0.1) is 5.10 Å². The lowest BCUT2D eigenvalue weighted by Crippen LogP contribution is -2.17. The number of nitrogens with zero attached hydrogens (tertiary/aromatic N) is 3. The molecule has 0 aliphatic heterocycles. The third kappa shape index (κ3) is 3.43. The van der Waals surface area contributed by atoms with Gasteiger partial charge in [-0.05, 0) is 18.2 Å². The molecule has 2 aromatic rings. The van der Waals surface area contributed by atoms with E-state index >= 15 is 0 Å². The molecule has 0 spiro atoms. The Balaban J connectivity index is 2.39. The number of aromatic nitrogens is 3. The molecule has 22 heavy (non-hydrogen) atoms. The Morgan fingerprint density at radius 3 is 2.68 bits per heavy atom. The molecule has 9 heteroatoms. The van der Waals surface area contributed by atoms with Crippen molar-refractivity contribution < 1.29 is 27.5 Å². The first-order chi connectivity index (χ1) is 10.3. The van der Waals surface area contributed by atoms with Gasteiger partial charge in [0.05, 0.1) is 12.7 Å². The fourth-order valence-corrected chi connectivity index (χ4v) is 1.56. The Bertz CT molecular complexity index is 710. The van der Waals surface area contributed by atoms with Crippen LogP contribution in [0.2, 0.25) is 0 Å². The molecule has 1 aromatic heterocycles. The van der Waals surface area contributed by atoms with Crippen molar-refractivity contribution >= 4 is 5.97 Å². The minimum Gasteiger partial charge on any atom is -0.497 e. The number of hydrogen-bond acceptors (Lipinski definition) is 5. The number of hydrogen-bond donors (Lipinski definition) is 0. The summed E-state index contributed by atoms with van der Waals surface area (Å²) in [5.74, 6) is -0.830. The molecule has 6 nitrogen and oxygen atoms in total. The largest absolute Gasteiger partial charge is 0.497 e. The van der Waals surface area contributed by atoms with Gasteiger partial charge in [-0.1, -0.05) is 11.4 Å². The zero-order valence-corrected chi connectivity index (χ0v) is 11.3. The molecule has 116 valence electrons. The SMILES string of the molecule is C=CC(=O)On1cnc(-c2cc(OC)cc(C(F)(F)F)c2)n1. The van der Waals surface area contributed by atoms with E-state index in [0.717, 1.165) is 29.4 Å². The third-order valence-corrected chi connectivity index (χ3v) is 2.55. The number of halogens is 3. The highest BCUT2D eigenvalue weighted by Crippen LogP contribution is 2.34. The summed E-state index contributed by atoms with van der Waals surface area (Å²) in [6.45, 7) is 3.21. The Morgan fingerprint density at radius 2 is 2.09 bits per heavy atom. The van der Waals surface area contributed by atoms with Crippen molar-refractivity contribution in [3.8, 4) is 17.1 Å². The van der Waals surface area contributed by atoms with E-state index in [9.17, 15) is 18.0 Å². The fraction of sp³-hybridized carbons (Fsp3) is 0.154. The van der Waals surface area contributed by atoms with Crippen LogP contribution in [0, 0.1) is 0 Å². The molecule has 0 bridgehead atoms. The average Bonchev–Trinajstić information content (AvgIpc) is 2.94. The zero-order chi connectivity index (χ0) is 16.3. The highest BCUT2D eigenvalue weighted by molar-refractivity contribution is 5.81. The molecule has 1 heterocycles. The summed E-state index contributed by atoms with van der Waals surface area (Å²) in [6, 6.07) is 3.07. The number of methoxy groups -OCH3 is 1. The summed E-state index contributed by atoms with van der Waals surface area (Å²) < 4.78 is 43.4. The second kappa shape index (κ2) is 5.88. The van der Waals surface area contributed by atoms with Crippen LogP contribution in [0.15, 0.2) is 37.2 Å². The van der Waals surface area contributed by atoms with Crippen LogP contribution >= 0.6 is 0 Å². The molecule has 0 unspecified atom stereocenters. The van der Waals surface area contributed by atoms with Gasteiger partial charge in [-0.3, -0.25) is 0 Å². The van der Waals surface area contributed by atoms with Gasteiger partial charge in [-0.25, -0.2) is 9.78 Å². The van der Waals surface area contributed by atoms with Crippen LogP contribution in [0.3, 0.4) is 0 Å². The average molecular weight is 313 g/mol. The summed E-state index contributed by atoms with van der Waals surface area (Å²) in [5.41, 5.74) is -0.832. The minimum absolute atomic E-state index is 0.00395. The molecular weight excluding hydrogens is 303 g/mol. The van der Waals surface area contributed by atoms with Gasteiger partial charge < -0.3 is 9.57 Å². The number of rotatable bonds is 4. The Labute approximate surface area is 122 Å². The molecule has 0 aliphatic rings. The first-order valence-corrected chi connectivity index (χ1v) is 5.86. The zero-order valence-electron chi connectivity index (χ0n) is 11.3. The van der Waals surface area contributed by atoms with Crippen molar-refractivity contribution in [2.24, 2.45) is 0 Å². The second-order valence-electron chi connectivity index (χ2n) is 4.03. The maximum atomic E-state index is 12.8. The van der Waals surface area contributed by atoms with Crippen molar-refractivity contribution in [2.75, 3.05) is 7.11 Å². The Morgan fingerprint density at radius 1 is 1.36 bits per heavy atom. The number of carbonyl (C=O) groups excluding carboxylic acids is 1. The van der Waals surface area contributed by atoms with Crippen LogP contribution in [0.4, 0.5) is 13.2 Å². The highest BCUT2D eigenvalue weighted by Gasteiger charge is 2.31. The van der Waals surface area contributed by atoms with Gasteiger partial charge in [0.25, 0.3) is 0 Å². The van der Waals surface area contributed by atoms with E-state index in [1.165, 1.54) is 13.2 Å². The quantitative estimate of drug-likeness (QED) is 0.809. The maximum Gasteiger partial charge on any atom is 0.416 e. The van der Waals surface area contributed by atoms with E-state index in [2.05, 4.69) is 21.5 Å². The highest BCUT2D eigenvalue weighted by atomic mass is 19.4. The summed E-state index contributed by atoms with van der Waals surface area (Å²) in [5, 5.41) is 3.76. The van der Waals surface area contributed by atoms with E-state index < -0.39 is 17.7 Å². The molecule has 0 atom stereocenters. The Kier molecular flexibility index (Phi) is 4.15. The molecule has 0 N–H and O–H groups in total. The second-order valence-corrected chi connectivity index (χ2v) is 4.03. The Hall–Kier alpha value is -2.84. The summed E-state index contributed by atoms with van der Waals surface area (Å²) in [4.78, 5) is 20.2. The van der Waals surface area contributed by atoms with Crippen molar-refractivity contribution in [2.45, 2.75) is 6.18 Å². The van der Waals surface area contributed by atoms with Crippen LogP contribution < -0.4 is 9.57 Å². The molecule has 0 fully saturated rings. The van der Waals surface area contributed by atoms with E-state index in [1.807, 2.05) is 0 Å². The van der Waals surface area contributed by atoms with Gasteiger partial charge in [0.2, 0.25) is 0 Å². The molecule has 2 rings (SSSR count). The lowest BCUT2D eigenvalue weighted by Gasteiger charge is -2.10. The predicted octanol–water partition coefficient (Wildman–Crippen LogP) is 2.11. The van der Waals surface area contributed by atoms with Crippen LogP contribution in [0.25, 0.3) is 11.4 Å². The van der Waals surface area contributed by atoms with Crippen LogP contribution in [0.1, 0.15) is 5.56 Å². The van der Waals surface area contributed by atoms with Crippen molar-refractivity contribution in [3.63, 3.8) is 0 Å². The molecule has 0 saturated heterocycles. The van der Waals surface area contributed by atoms with Gasteiger partial charge in [0, 0.05) is 11.6 Å². The van der Waals surface area contributed by atoms with Crippen molar-refractivity contribution in [1.29, 1.82) is 0 Å². The lowest BCUT2D eigenvalue weighted by atomic mass is 10.1. The fourth-order valence-electron chi connectivity index (χ4n) is 1.56. The van der Waals surface area contributed by atoms with E-state index in [-0.39, 0.29) is 17.1 Å². The van der Waals surface area contributed by atoms with Crippen molar-refractivity contribution in [1.82, 2.24) is 14.9 Å². The molecular formula is C13H10F3N3O3. The molecule has 0 radical (unpaired) electrons. The number of ether oxygens (including phenoxy) is 1. The van der Waals surface area contributed by atoms with Gasteiger partial charge in [0.1, 0.15) is 5.75 Å². The summed E-state index contributed by atoms with van der Waals surface area (Å²) in [6.07, 6.45) is -2.58. The summed E-state index contributed by atoms with van der Waals surface area (Å²) in [7, 11) is 1.25. The summed E-state index contributed by atoms with van der Waals surface area (Å²) >= 11 is 0. The molecule has 0 amide bonds. The van der Waals surface area contributed by atoms with Crippen LogP contribution in [-0.2, 0) is 11.0 Å². The van der Waals surface area contributed by atoms with Crippen LogP contribution in [-0.4, -0.2) is 28.0 Å². The smallest absolute Gasteiger partial charge is 0.416 e. The normalized spacial score (nSPS) is 11.1. The molecule has 0 aliphatic carbocycles. The van der Waals surface area contributed by atoms with Crippen molar-refractivity contribution in [3.05, 3.63) is 42.7 Å². The standard InChI is InChI=1S/C13H10F3N3O3/c1-3-11(20)22-19-7-17-12(18-19)8-4-9(13(14,15)16)6-10(5-8)21-2/h3-7H,1H2,2H3. The molecule has 1 aromatic carbocycles. The third-order valence-electron chi connectivity index (χ3n) is 2.55. The number of benzene rings is 1. The van der Waals surface area contributed by atoms with E-state index in [0.29, 0.717) is 0 Å². The maximum absolute atomic E-state index is 12.8. The number of carbonyl (C=O) groups is 1. The van der Waals surface area contributed by atoms with E-state index in [1.54, 1.807) is 0 Å². The first kappa shape index (κ1) is 15.5. The van der Waals surface area contributed by atoms with Gasteiger partial charge in [0.15, 0.2) is 12.2 Å². The first-order valence-electron chi connectivity index (χ1n) is 5.86. The molecule has 0 saturated carbocycles. The van der Waals surface area contributed by atoms with Crippen LogP contribution in [0.5, 0.6) is 5.75 Å². The lowest BCUT2D eigenvalue weighted by molar-refractivity contribution is -0.140. The predicted molar refractivity (Wildman–Crippen MR) is 68.8 cm³/mol.